The normalized spacial score (nSPS) is 19.7. The lowest BCUT2D eigenvalue weighted by molar-refractivity contribution is -0.677. The highest BCUT2D eigenvalue weighted by Crippen LogP contribution is 2.22. The van der Waals surface area contributed by atoms with Crippen LogP contribution in [0.25, 0.3) is 0 Å². The molecule has 0 atom stereocenters. The van der Waals surface area contributed by atoms with Gasteiger partial charge in [0.1, 0.15) is 0 Å². The molecule has 0 unspecified atom stereocenters. The number of quaternary nitrogens is 1. The molecule has 3 rings (SSSR count). The third-order valence-electron chi connectivity index (χ3n) is 4.88. The minimum absolute atomic E-state index is 0.0444. The summed E-state index contributed by atoms with van der Waals surface area (Å²) < 4.78 is 26.4. The molecule has 24 heavy (non-hydrogen) atoms. The Morgan fingerprint density at radius 3 is 2.33 bits per heavy atom. The van der Waals surface area contributed by atoms with Crippen molar-refractivity contribution < 1.29 is 18.5 Å². The van der Waals surface area contributed by atoms with Crippen LogP contribution in [0.15, 0.2) is 29.2 Å². The van der Waals surface area contributed by atoms with E-state index in [0.717, 1.165) is 12.8 Å². The maximum absolute atomic E-state index is 12.5. The summed E-state index contributed by atoms with van der Waals surface area (Å²) in [5.74, 6) is -0.0444. The fraction of sp³-hybridized carbons (Fsp3) is 0.588. The van der Waals surface area contributed by atoms with Crippen LogP contribution in [0.5, 0.6) is 0 Å². The van der Waals surface area contributed by atoms with Crippen LogP contribution in [0.4, 0.5) is 5.69 Å². The first kappa shape index (κ1) is 17.4. The van der Waals surface area contributed by atoms with E-state index >= 15 is 0 Å². The van der Waals surface area contributed by atoms with E-state index in [-0.39, 0.29) is 5.91 Å². The van der Waals surface area contributed by atoms with Crippen LogP contribution < -0.4 is 10.6 Å². The first-order valence-electron chi connectivity index (χ1n) is 8.79. The lowest BCUT2D eigenvalue weighted by atomic mass is 10.2. The Hall–Kier alpha value is -1.44. The summed E-state index contributed by atoms with van der Waals surface area (Å²) in [4.78, 5) is 12.3. The summed E-state index contributed by atoms with van der Waals surface area (Å²) in [6, 6.07) is 7.05. The summed E-state index contributed by atoms with van der Waals surface area (Å²) in [6.07, 6.45) is 6.74. The van der Waals surface area contributed by atoms with E-state index in [4.69, 9.17) is 0 Å². The van der Waals surface area contributed by atoms with Gasteiger partial charge >= 0.3 is 0 Å². The van der Waals surface area contributed by atoms with Crippen molar-refractivity contribution in [3.05, 3.63) is 24.3 Å². The summed E-state index contributed by atoms with van der Waals surface area (Å²) in [5, 5.41) is 4.94. The van der Waals surface area contributed by atoms with Crippen molar-refractivity contribution in [3.8, 4) is 0 Å². The largest absolute Gasteiger partial charge is 0.336 e. The monoisotopic (exact) mass is 352 g/mol. The average molecular weight is 352 g/mol. The van der Waals surface area contributed by atoms with E-state index in [9.17, 15) is 13.2 Å². The van der Waals surface area contributed by atoms with E-state index in [0.29, 0.717) is 36.3 Å². The van der Waals surface area contributed by atoms with Gasteiger partial charge in [-0.05, 0) is 62.8 Å². The van der Waals surface area contributed by atoms with Gasteiger partial charge in [-0.15, -0.1) is 0 Å². The third-order valence-corrected chi connectivity index (χ3v) is 6.79. The highest BCUT2D eigenvalue weighted by molar-refractivity contribution is 7.89. The van der Waals surface area contributed by atoms with E-state index in [1.165, 1.54) is 30.0 Å². The van der Waals surface area contributed by atoms with Crippen LogP contribution in [0.1, 0.15) is 38.5 Å². The fourth-order valence-corrected chi connectivity index (χ4v) is 4.98. The Morgan fingerprint density at radius 2 is 1.71 bits per heavy atom. The molecular weight excluding hydrogens is 326 g/mol. The van der Waals surface area contributed by atoms with E-state index < -0.39 is 10.0 Å². The van der Waals surface area contributed by atoms with E-state index in [1.807, 2.05) is 0 Å². The molecule has 1 heterocycles. The Morgan fingerprint density at radius 1 is 1.08 bits per heavy atom. The molecule has 2 aliphatic rings. The van der Waals surface area contributed by atoms with Crippen LogP contribution in [0.3, 0.4) is 0 Å². The number of carbonyl (C=O) groups excluding carboxylic acids is 1. The van der Waals surface area contributed by atoms with Crippen molar-refractivity contribution in [1.29, 1.82) is 0 Å². The molecule has 1 aromatic rings. The molecule has 1 saturated heterocycles. The van der Waals surface area contributed by atoms with Gasteiger partial charge in [0.25, 0.3) is 5.91 Å². The van der Waals surface area contributed by atoms with Gasteiger partial charge in [0.05, 0.1) is 10.9 Å². The first-order chi connectivity index (χ1) is 11.6. The van der Waals surface area contributed by atoms with Crippen molar-refractivity contribution in [3.63, 3.8) is 0 Å². The van der Waals surface area contributed by atoms with Crippen molar-refractivity contribution >= 4 is 21.6 Å². The number of nitrogens with one attached hydrogen (secondary N) is 1. The second-order valence-electron chi connectivity index (χ2n) is 6.67. The van der Waals surface area contributed by atoms with Gasteiger partial charge in [-0.3, -0.25) is 4.79 Å². The molecule has 1 aliphatic carbocycles. The molecule has 6 nitrogen and oxygen atoms in total. The second kappa shape index (κ2) is 7.63. The zero-order valence-electron chi connectivity index (χ0n) is 13.9. The van der Waals surface area contributed by atoms with Gasteiger partial charge in [-0.1, -0.05) is 0 Å². The van der Waals surface area contributed by atoms with Gasteiger partial charge in [-0.2, -0.15) is 4.31 Å². The number of rotatable bonds is 6. The molecule has 1 saturated carbocycles. The van der Waals surface area contributed by atoms with Crippen molar-refractivity contribution in [1.82, 2.24) is 4.31 Å². The number of amides is 1. The number of hydrogen-bond donors (Lipinski definition) is 2. The quantitative estimate of drug-likeness (QED) is 0.798. The molecule has 2 fully saturated rings. The average Bonchev–Trinajstić information content (AvgIpc) is 3.27. The number of carbonyl (C=O) groups is 1. The van der Waals surface area contributed by atoms with E-state index in [2.05, 4.69) is 10.6 Å². The zero-order valence-corrected chi connectivity index (χ0v) is 14.7. The number of nitrogens with zero attached hydrogens (tertiary/aromatic N) is 1. The Bertz CT molecular complexity index is 661. The number of hydrogen-bond acceptors (Lipinski definition) is 3. The summed E-state index contributed by atoms with van der Waals surface area (Å²) in [5.41, 5.74) is 0.639. The van der Waals surface area contributed by atoms with Gasteiger partial charge in [0.15, 0.2) is 6.54 Å². The number of nitrogens with two attached hydrogens (primary N) is 1. The third kappa shape index (κ3) is 4.15. The van der Waals surface area contributed by atoms with Gasteiger partial charge < -0.3 is 10.6 Å². The number of benzene rings is 1. The van der Waals surface area contributed by atoms with Crippen LogP contribution in [0.2, 0.25) is 0 Å². The minimum Gasteiger partial charge on any atom is -0.336 e. The van der Waals surface area contributed by atoms with Crippen molar-refractivity contribution in [2.45, 2.75) is 49.5 Å². The summed E-state index contributed by atoms with van der Waals surface area (Å²) >= 11 is 0. The van der Waals surface area contributed by atoms with Gasteiger partial charge in [0.2, 0.25) is 10.0 Å². The summed E-state index contributed by atoms with van der Waals surface area (Å²) in [6.45, 7) is 1.61. The minimum atomic E-state index is -3.39. The van der Waals surface area contributed by atoms with Gasteiger partial charge in [0, 0.05) is 18.8 Å². The summed E-state index contributed by atoms with van der Waals surface area (Å²) in [7, 11) is -3.39. The SMILES string of the molecule is O=C(C[NH2+]C1CCCC1)Nc1ccc(S(=O)(=O)N2CCCC2)cc1. The molecular formula is C17H26N3O3S+. The Kier molecular flexibility index (Phi) is 5.53. The molecule has 3 N–H and O–H groups in total. The van der Waals surface area contributed by atoms with Gasteiger partial charge in [-0.25, -0.2) is 8.42 Å². The predicted octanol–water partition coefficient (Wildman–Crippen LogP) is 0.916. The highest BCUT2D eigenvalue weighted by Gasteiger charge is 2.27. The molecule has 1 aromatic carbocycles. The smallest absolute Gasteiger partial charge is 0.279 e. The Labute approximate surface area is 143 Å². The molecule has 1 aliphatic heterocycles. The molecule has 7 heteroatoms. The molecule has 0 spiro atoms. The number of anilines is 1. The maximum Gasteiger partial charge on any atom is 0.279 e. The van der Waals surface area contributed by atoms with Crippen molar-refractivity contribution in [2.75, 3.05) is 25.0 Å². The molecule has 1 amide bonds. The van der Waals surface area contributed by atoms with E-state index in [1.54, 1.807) is 24.3 Å². The maximum atomic E-state index is 12.5. The standard InChI is InChI=1S/C17H25N3O3S/c21-17(13-18-14-5-1-2-6-14)19-15-7-9-16(10-8-15)24(22,23)20-11-3-4-12-20/h7-10,14,18H,1-6,11-13H2,(H,19,21)/p+1. The van der Waals surface area contributed by atoms with Crippen LogP contribution in [-0.4, -0.2) is 44.3 Å². The van der Waals surface area contributed by atoms with Crippen LogP contribution in [-0.2, 0) is 14.8 Å². The van der Waals surface area contributed by atoms with Crippen molar-refractivity contribution in [2.24, 2.45) is 0 Å². The predicted molar refractivity (Wildman–Crippen MR) is 92.1 cm³/mol. The van der Waals surface area contributed by atoms with Crippen LogP contribution >= 0.6 is 0 Å². The number of sulfonamides is 1. The molecule has 0 bridgehead atoms. The molecule has 0 aromatic heterocycles. The second-order valence-corrected chi connectivity index (χ2v) is 8.61. The first-order valence-corrected chi connectivity index (χ1v) is 10.2. The molecule has 0 radical (unpaired) electrons. The topological polar surface area (TPSA) is 83.1 Å². The molecule has 132 valence electrons. The zero-order chi connectivity index (χ0) is 17.0. The Balaban J connectivity index is 1.55. The highest BCUT2D eigenvalue weighted by atomic mass is 32.2. The fourth-order valence-electron chi connectivity index (χ4n) is 3.47. The lowest BCUT2D eigenvalue weighted by Gasteiger charge is -2.15. The van der Waals surface area contributed by atoms with Crippen LogP contribution in [0, 0.1) is 0 Å². The lowest BCUT2D eigenvalue weighted by Crippen LogP contribution is -2.91.